The molecule has 3 rings (SSSR count). The van der Waals surface area contributed by atoms with Gasteiger partial charge in [-0.15, -0.1) is 0 Å². The van der Waals surface area contributed by atoms with Crippen LogP contribution in [0.1, 0.15) is 24.5 Å². The first-order valence-corrected chi connectivity index (χ1v) is 8.76. The minimum absolute atomic E-state index is 0.178. The Morgan fingerprint density at radius 2 is 1.86 bits per heavy atom. The summed E-state index contributed by atoms with van der Waals surface area (Å²) >= 11 is 5.80. The fourth-order valence-corrected chi connectivity index (χ4v) is 4.24. The van der Waals surface area contributed by atoms with Crippen LogP contribution in [0, 0.1) is 0 Å². The number of anilines is 1. The highest BCUT2D eigenvalue weighted by Crippen LogP contribution is 2.31. The molecule has 1 saturated heterocycles. The quantitative estimate of drug-likeness (QED) is 0.926. The highest BCUT2D eigenvalue weighted by molar-refractivity contribution is 7.89. The third-order valence-corrected chi connectivity index (χ3v) is 6.04. The van der Waals surface area contributed by atoms with Crippen LogP contribution >= 0.6 is 11.6 Å². The maximum atomic E-state index is 12.6. The number of aromatic nitrogens is 1. The van der Waals surface area contributed by atoms with Gasteiger partial charge in [-0.25, -0.2) is 8.42 Å². The Morgan fingerprint density at radius 3 is 2.41 bits per heavy atom. The highest BCUT2D eigenvalue weighted by Gasteiger charge is 2.30. The first-order chi connectivity index (χ1) is 10.5. The summed E-state index contributed by atoms with van der Waals surface area (Å²) in [5.74, 6) is 0.462. The molecule has 8 heteroatoms. The molecule has 2 aromatic rings. The van der Waals surface area contributed by atoms with Crippen molar-refractivity contribution in [1.29, 1.82) is 0 Å². The molecule has 2 heterocycles. The second-order valence-electron chi connectivity index (χ2n) is 5.29. The Morgan fingerprint density at radius 1 is 1.23 bits per heavy atom. The first-order valence-electron chi connectivity index (χ1n) is 6.94. The molecule has 0 aliphatic carbocycles. The highest BCUT2D eigenvalue weighted by atomic mass is 35.5. The van der Waals surface area contributed by atoms with Crippen molar-refractivity contribution < 1.29 is 12.9 Å². The molecule has 1 fully saturated rings. The molecule has 0 amide bonds. The van der Waals surface area contributed by atoms with Gasteiger partial charge in [-0.2, -0.15) is 4.31 Å². The van der Waals surface area contributed by atoms with Crippen LogP contribution in [0.5, 0.6) is 0 Å². The normalized spacial score (nSPS) is 17.7. The molecule has 1 aliphatic rings. The molecule has 0 atom stereocenters. The lowest BCUT2D eigenvalue weighted by Crippen LogP contribution is -2.37. The minimum Gasteiger partial charge on any atom is -0.368 e. The first kappa shape index (κ1) is 15.3. The smallest absolute Gasteiger partial charge is 0.243 e. The topological polar surface area (TPSA) is 89.4 Å². The number of hydrogen-bond donors (Lipinski definition) is 1. The summed E-state index contributed by atoms with van der Waals surface area (Å²) in [6.45, 7) is 0.894. The van der Waals surface area contributed by atoms with E-state index in [-0.39, 0.29) is 16.7 Å². The van der Waals surface area contributed by atoms with E-state index in [0.29, 0.717) is 31.0 Å². The molecule has 2 N–H and O–H groups in total. The molecule has 1 aromatic heterocycles. The van der Waals surface area contributed by atoms with Crippen LogP contribution in [0.15, 0.2) is 39.8 Å². The van der Waals surface area contributed by atoms with Crippen LogP contribution in [0.4, 0.5) is 5.88 Å². The summed E-state index contributed by atoms with van der Waals surface area (Å²) in [7, 11) is -3.47. The predicted molar refractivity (Wildman–Crippen MR) is 83.1 cm³/mol. The van der Waals surface area contributed by atoms with Gasteiger partial charge in [0.1, 0.15) is 0 Å². The van der Waals surface area contributed by atoms with E-state index in [9.17, 15) is 8.42 Å². The van der Waals surface area contributed by atoms with Crippen LogP contribution in [-0.4, -0.2) is 31.0 Å². The van der Waals surface area contributed by atoms with Gasteiger partial charge in [0.2, 0.25) is 15.9 Å². The molecule has 0 saturated carbocycles. The second kappa shape index (κ2) is 5.91. The van der Waals surface area contributed by atoms with E-state index in [0.717, 1.165) is 5.69 Å². The number of hydrogen-bond acceptors (Lipinski definition) is 5. The van der Waals surface area contributed by atoms with Crippen molar-refractivity contribution in [2.24, 2.45) is 0 Å². The summed E-state index contributed by atoms with van der Waals surface area (Å²) in [5, 5.41) is 4.43. The Bertz CT molecular complexity index is 750. The number of rotatable bonds is 3. The zero-order chi connectivity index (χ0) is 15.7. The molecular formula is C14H16ClN3O3S. The van der Waals surface area contributed by atoms with E-state index in [2.05, 4.69) is 5.16 Å². The largest absolute Gasteiger partial charge is 0.368 e. The van der Waals surface area contributed by atoms with Crippen molar-refractivity contribution in [2.45, 2.75) is 23.7 Å². The molecule has 0 spiro atoms. The van der Waals surface area contributed by atoms with Gasteiger partial charge in [0, 0.05) is 30.1 Å². The standard InChI is InChI=1S/C14H16ClN3O3S/c15-11-1-3-12(4-2-11)22(19,20)18-7-5-10(6-8-18)13-9-14(16)21-17-13/h1-4,9-10H,5-8,16H2. The van der Waals surface area contributed by atoms with Crippen LogP contribution in [-0.2, 0) is 10.0 Å². The Labute approximate surface area is 133 Å². The van der Waals surface area contributed by atoms with Gasteiger partial charge < -0.3 is 10.3 Å². The Hall–Kier alpha value is -1.57. The van der Waals surface area contributed by atoms with Crippen molar-refractivity contribution in [3.8, 4) is 0 Å². The van der Waals surface area contributed by atoms with Crippen LogP contribution < -0.4 is 5.73 Å². The van der Waals surface area contributed by atoms with Crippen LogP contribution in [0.25, 0.3) is 0 Å². The van der Waals surface area contributed by atoms with Gasteiger partial charge in [0.15, 0.2) is 0 Å². The van der Waals surface area contributed by atoms with Crippen molar-refractivity contribution in [2.75, 3.05) is 18.8 Å². The van der Waals surface area contributed by atoms with Crippen LogP contribution in [0.2, 0.25) is 5.02 Å². The predicted octanol–water partition coefficient (Wildman–Crippen LogP) is 2.48. The van der Waals surface area contributed by atoms with Gasteiger partial charge in [0.25, 0.3) is 0 Å². The second-order valence-corrected chi connectivity index (χ2v) is 7.66. The number of nitrogen functional groups attached to an aromatic ring is 1. The monoisotopic (exact) mass is 341 g/mol. The SMILES string of the molecule is Nc1cc(C2CCN(S(=O)(=O)c3ccc(Cl)cc3)CC2)no1. The molecular weight excluding hydrogens is 326 g/mol. The van der Waals surface area contributed by atoms with Gasteiger partial charge in [-0.05, 0) is 37.1 Å². The number of halogens is 1. The van der Waals surface area contributed by atoms with Gasteiger partial charge >= 0.3 is 0 Å². The van der Waals surface area contributed by atoms with E-state index in [1.54, 1.807) is 18.2 Å². The molecule has 118 valence electrons. The van der Waals surface area contributed by atoms with Gasteiger partial charge in [-0.1, -0.05) is 16.8 Å². The van der Waals surface area contributed by atoms with E-state index in [4.69, 9.17) is 21.9 Å². The van der Waals surface area contributed by atoms with Gasteiger partial charge in [0.05, 0.1) is 10.6 Å². The molecule has 1 aromatic carbocycles. The number of nitrogens with zero attached hydrogens (tertiary/aromatic N) is 2. The maximum Gasteiger partial charge on any atom is 0.243 e. The summed E-state index contributed by atoms with van der Waals surface area (Å²) in [5.41, 5.74) is 6.32. The van der Waals surface area contributed by atoms with Crippen molar-refractivity contribution >= 4 is 27.5 Å². The summed E-state index contributed by atoms with van der Waals surface area (Å²) in [4.78, 5) is 0.265. The molecule has 1 aliphatic heterocycles. The molecule has 0 radical (unpaired) electrons. The molecule has 0 unspecified atom stereocenters. The van der Waals surface area contributed by atoms with Crippen LogP contribution in [0.3, 0.4) is 0 Å². The zero-order valence-electron chi connectivity index (χ0n) is 11.8. The van der Waals surface area contributed by atoms with Crippen molar-refractivity contribution in [1.82, 2.24) is 9.46 Å². The third kappa shape index (κ3) is 2.97. The number of piperidine rings is 1. The minimum atomic E-state index is -3.47. The van der Waals surface area contributed by atoms with E-state index in [1.807, 2.05) is 0 Å². The summed E-state index contributed by atoms with van der Waals surface area (Å²) < 4.78 is 31.5. The molecule has 0 bridgehead atoms. The number of sulfonamides is 1. The summed E-state index contributed by atoms with van der Waals surface area (Å²) in [6.07, 6.45) is 1.39. The molecule has 22 heavy (non-hydrogen) atoms. The third-order valence-electron chi connectivity index (χ3n) is 3.87. The Kier molecular flexibility index (Phi) is 4.12. The van der Waals surface area contributed by atoms with E-state index >= 15 is 0 Å². The average molecular weight is 342 g/mol. The fraction of sp³-hybridized carbons (Fsp3) is 0.357. The number of nitrogens with two attached hydrogens (primary N) is 1. The summed E-state index contributed by atoms with van der Waals surface area (Å²) in [6, 6.07) is 7.93. The van der Waals surface area contributed by atoms with Gasteiger partial charge in [-0.3, -0.25) is 0 Å². The lowest BCUT2D eigenvalue weighted by molar-refractivity contribution is 0.309. The molecule has 6 nitrogen and oxygen atoms in total. The van der Waals surface area contributed by atoms with Crippen molar-refractivity contribution in [3.05, 3.63) is 41.0 Å². The van der Waals surface area contributed by atoms with E-state index in [1.165, 1.54) is 16.4 Å². The number of benzene rings is 1. The zero-order valence-corrected chi connectivity index (χ0v) is 13.3. The van der Waals surface area contributed by atoms with E-state index < -0.39 is 10.0 Å². The van der Waals surface area contributed by atoms with Crippen molar-refractivity contribution in [3.63, 3.8) is 0 Å². The maximum absolute atomic E-state index is 12.6. The average Bonchev–Trinajstić information content (AvgIpc) is 2.94. The lowest BCUT2D eigenvalue weighted by atomic mass is 9.95. The Balaban J connectivity index is 1.71. The lowest BCUT2D eigenvalue weighted by Gasteiger charge is -2.30. The fourth-order valence-electron chi connectivity index (χ4n) is 2.64.